The number of benzene rings is 1. The molecule has 31 heavy (non-hydrogen) atoms. The molecule has 9 heteroatoms. The number of hydrogen-bond donors (Lipinski definition) is 1. The van der Waals surface area contributed by atoms with E-state index in [4.69, 9.17) is 0 Å². The van der Waals surface area contributed by atoms with Gasteiger partial charge in [0.2, 0.25) is 5.91 Å². The van der Waals surface area contributed by atoms with Gasteiger partial charge in [0.15, 0.2) is 15.0 Å². The molecule has 2 unspecified atom stereocenters. The molecule has 1 amide bonds. The number of nitrogens with one attached hydrogen (secondary N) is 1. The fourth-order valence-corrected chi connectivity index (χ4v) is 6.31. The fourth-order valence-electron chi connectivity index (χ4n) is 3.81. The topological polar surface area (TPSA) is 93.9 Å². The largest absolute Gasteiger partial charge is 0.349 e. The number of rotatable bonds is 10. The van der Waals surface area contributed by atoms with Crippen LogP contribution in [0.4, 0.5) is 0 Å². The van der Waals surface area contributed by atoms with E-state index in [-0.39, 0.29) is 35.1 Å². The molecule has 168 valence electrons. The molecule has 0 aliphatic carbocycles. The van der Waals surface area contributed by atoms with Gasteiger partial charge in [-0.25, -0.2) is 8.42 Å². The molecular formula is C22H30N4O3S2. The van der Waals surface area contributed by atoms with Crippen LogP contribution < -0.4 is 5.32 Å². The number of carbonyl (C=O) groups excluding carboxylic acids is 1. The minimum absolute atomic E-state index is 0.0420. The van der Waals surface area contributed by atoms with Gasteiger partial charge in [-0.1, -0.05) is 62.0 Å². The fraction of sp³-hybridized carbons (Fsp3) is 0.500. The van der Waals surface area contributed by atoms with E-state index in [0.717, 1.165) is 12.0 Å². The van der Waals surface area contributed by atoms with Crippen LogP contribution in [0, 0.1) is 5.92 Å². The Balaban J connectivity index is 1.67. The first-order valence-corrected chi connectivity index (χ1v) is 13.3. The maximum Gasteiger partial charge on any atom is 0.230 e. The van der Waals surface area contributed by atoms with Crippen molar-refractivity contribution in [1.82, 2.24) is 20.1 Å². The lowest BCUT2D eigenvalue weighted by atomic mass is 9.97. The van der Waals surface area contributed by atoms with Gasteiger partial charge in [-0.15, -0.1) is 16.8 Å². The van der Waals surface area contributed by atoms with Crippen LogP contribution >= 0.6 is 11.8 Å². The second-order valence-corrected chi connectivity index (χ2v) is 11.5. The summed E-state index contributed by atoms with van der Waals surface area (Å²) in [6, 6.07) is 9.94. The molecule has 1 fully saturated rings. The molecule has 0 spiro atoms. The number of amides is 1. The van der Waals surface area contributed by atoms with Crippen molar-refractivity contribution < 1.29 is 13.2 Å². The summed E-state index contributed by atoms with van der Waals surface area (Å²) in [5, 5.41) is 12.2. The second-order valence-electron chi connectivity index (χ2n) is 8.29. The third-order valence-electron chi connectivity index (χ3n) is 5.23. The van der Waals surface area contributed by atoms with Gasteiger partial charge < -0.3 is 9.88 Å². The summed E-state index contributed by atoms with van der Waals surface area (Å²) in [6.07, 6.45) is 3.14. The predicted molar refractivity (Wildman–Crippen MR) is 124 cm³/mol. The van der Waals surface area contributed by atoms with E-state index in [1.165, 1.54) is 11.8 Å². The van der Waals surface area contributed by atoms with Crippen LogP contribution in [0.3, 0.4) is 0 Å². The van der Waals surface area contributed by atoms with Gasteiger partial charge in [-0.3, -0.25) is 4.79 Å². The summed E-state index contributed by atoms with van der Waals surface area (Å²) in [5.41, 5.74) is 1.09. The van der Waals surface area contributed by atoms with E-state index >= 15 is 0 Å². The standard InChI is InChI=1S/C22H30N4O3S2/c1-4-11-26-21(18-10-12-31(28,29)15-18)24-25-22(26)30-14-20(27)23-19(13-16(2)3)17-8-6-5-7-9-17/h4-9,16,18-19H,1,10-15H2,2-3H3,(H,23,27). The zero-order valence-electron chi connectivity index (χ0n) is 18.0. The molecule has 1 N–H and O–H groups in total. The van der Waals surface area contributed by atoms with Crippen molar-refractivity contribution in [3.63, 3.8) is 0 Å². The van der Waals surface area contributed by atoms with Crippen LogP contribution in [-0.4, -0.2) is 46.3 Å². The first-order valence-electron chi connectivity index (χ1n) is 10.5. The summed E-state index contributed by atoms with van der Waals surface area (Å²) < 4.78 is 25.6. The predicted octanol–water partition coefficient (Wildman–Crippen LogP) is 3.36. The molecule has 2 atom stereocenters. The van der Waals surface area contributed by atoms with E-state index in [2.05, 4.69) is 35.9 Å². The lowest BCUT2D eigenvalue weighted by Crippen LogP contribution is -2.31. The summed E-state index contributed by atoms with van der Waals surface area (Å²) in [4.78, 5) is 12.7. The van der Waals surface area contributed by atoms with Gasteiger partial charge in [0.05, 0.1) is 23.3 Å². The van der Waals surface area contributed by atoms with Crippen molar-refractivity contribution in [1.29, 1.82) is 0 Å². The zero-order chi connectivity index (χ0) is 22.4. The number of nitrogens with zero attached hydrogens (tertiary/aromatic N) is 3. The van der Waals surface area contributed by atoms with E-state index < -0.39 is 9.84 Å². The van der Waals surface area contributed by atoms with Crippen LogP contribution in [0.15, 0.2) is 48.1 Å². The average Bonchev–Trinajstić information content (AvgIpc) is 3.29. The molecule has 1 aromatic carbocycles. The minimum Gasteiger partial charge on any atom is -0.349 e. The maximum atomic E-state index is 12.7. The lowest BCUT2D eigenvalue weighted by molar-refractivity contribution is -0.119. The summed E-state index contributed by atoms with van der Waals surface area (Å²) >= 11 is 1.31. The lowest BCUT2D eigenvalue weighted by Gasteiger charge is -2.21. The third kappa shape index (κ3) is 6.43. The minimum atomic E-state index is -3.02. The Morgan fingerprint density at radius 2 is 2.06 bits per heavy atom. The molecule has 3 rings (SSSR count). The van der Waals surface area contributed by atoms with Crippen LogP contribution in [0.5, 0.6) is 0 Å². The number of hydrogen-bond acceptors (Lipinski definition) is 6. The number of sulfone groups is 1. The Morgan fingerprint density at radius 1 is 1.32 bits per heavy atom. The quantitative estimate of drug-likeness (QED) is 0.430. The summed E-state index contributed by atoms with van der Waals surface area (Å²) in [7, 11) is -3.02. The average molecular weight is 463 g/mol. The second kappa shape index (κ2) is 10.5. The van der Waals surface area contributed by atoms with Gasteiger partial charge in [0, 0.05) is 12.5 Å². The highest BCUT2D eigenvalue weighted by molar-refractivity contribution is 7.99. The number of aromatic nitrogens is 3. The summed E-state index contributed by atoms with van der Waals surface area (Å²) in [6.45, 7) is 8.54. The molecule has 0 radical (unpaired) electrons. The highest BCUT2D eigenvalue weighted by Crippen LogP contribution is 2.30. The van der Waals surface area contributed by atoms with Gasteiger partial charge in [-0.2, -0.15) is 0 Å². The summed E-state index contributed by atoms with van der Waals surface area (Å²) in [5.74, 6) is 1.36. The van der Waals surface area contributed by atoms with Crippen molar-refractivity contribution in [2.75, 3.05) is 17.3 Å². The van der Waals surface area contributed by atoms with E-state index in [1.807, 2.05) is 34.9 Å². The number of allylic oxidation sites excluding steroid dienone is 1. The zero-order valence-corrected chi connectivity index (χ0v) is 19.7. The van der Waals surface area contributed by atoms with E-state index in [9.17, 15) is 13.2 Å². The monoisotopic (exact) mass is 462 g/mol. The van der Waals surface area contributed by atoms with Crippen LogP contribution in [-0.2, 0) is 21.2 Å². The van der Waals surface area contributed by atoms with Gasteiger partial charge in [0.25, 0.3) is 0 Å². The first kappa shape index (κ1) is 23.5. The molecule has 1 aliphatic rings. The van der Waals surface area contributed by atoms with Crippen LogP contribution in [0.2, 0.25) is 0 Å². The Hall–Kier alpha value is -2.13. The molecule has 0 bridgehead atoms. The Labute approximate surface area is 188 Å². The van der Waals surface area contributed by atoms with Gasteiger partial charge in [0.1, 0.15) is 5.82 Å². The molecule has 0 saturated carbocycles. The SMILES string of the molecule is C=CCn1c(SCC(=O)NC(CC(C)C)c2ccccc2)nnc1C1CCS(=O)(=O)C1. The van der Waals surface area contributed by atoms with Crippen molar-refractivity contribution in [2.45, 2.75) is 50.4 Å². The number of carbonyl (C=O) groups is 1. The van der Waals surface area contributed by atoms with Crippen molar-refractivity contribution in [2.24, 2.45) is 5.92 Å². The molecule has 7 nitrogen and oxygen atoms in total. The maximum absolute atomic E-state index is 12.7. The molecule has 1 saturated heterocycles. The van der Waals surface area contributed by atoms with Crippen LogP contribution in [0.25, 0.3) is 0 Å². The highest BCUT2D eigenvalue weighted by Gasteiger charge is 2.33. The van der Waals surface area contributed by atoms with Crippen molar-refractivity contribution in [3.8, 4) is 0 Å². The Kier molecular flexibility index (Phi) is 7.94. The molecule has 2 aromatic rings. The molecule has 2 heterocycles. The normalized spacial score (nSPS) is 18.7. The molecule has 1 aliphatic heterocycles. The third-order valence-corrected chi connectivity index (χ3v) is 7.97. The first-order chi connectivity index (χ1) is 14.8. The molecule has 1 aromatic heterocycles. The van der Waals surface area contributed by atoms with E-state index in [0.29, 0.717) is 29.9 Å². The number of thioether (sulfide) groups is 1. The smallest absolute Gasteiger partial charge is 0.230 e. The van der Waals surface area contributed by atoms with E-state index in [1.54, 1.807) is 6.08 Å². The van der Waals surface area contributed by atoms with Gasteiger partial charge in [-0.05, 0) is 24.3 Å². The van der Waals surface area contributed by atoms with Gasteiger partial charge >= 0.3 is 0 Å². The van der Waals surface area contributed by atoms with Crippen molar-refractivity contribution >= 4 is 27.5 Å². The van der Waals surface area contributed by atoms with Crippen molar-refractivity contribution in [3.05, 3.63) is 54.4 Å². The van der Waals surface area contributed by atoms with Crippen LogP contribution in [0.1, 0.15) is 50.0 Å². The Bertz CT molecular complexity index is 1000. The Morgan fingerprint density at radius 3 is 2.68 bits per heavy atom. The molecular weight excluding hydrogens is 432 g/mol. The highest BCUT2D eigenvalue weighted by atomic mass is 32.2.